The lowest BCUT2D eigenvalue weighted by atomic mass is 10.1. The number of rotatable bonds is 3. The maximum absolute atomic E-state index is 12.5. The van der Waals surface area contributed by atoms with Crippen LogP contribution in [0.3, 0.4) is 0 Å². The van der Waals surface area contributed by atoms with Crippen molar-refractivity contribution in [2.45, 2.75) is 12.5 Å². The Hall–Kier alpha value is -2.48. The molecule has 7 nitrogen and oxygen atoms in total. The third kappa shape index (κ3) is 2.97. The molecule has 1 saturated heterocycles. The fraction of sp³-hybridized carbons (Fsp3) is 0.316. The van der Waals surface area contributed by atoms with Gasteiger partial charge in [0.1, 0.15) is 10.8 Å². The first-order valence-electron chi connectivity index (χ1n) is 8.81. The zero-order valence-electron chi connectivity index (χ0n) is 14.4. The van der Waals surface area contributed by atoms with Crippen LogP contribution in [-0.2, 0) is 20.7 Å². The summed E-state index contributed by atoms with van der Waals surface area (Å²) < 4.78 is 11.2. The number of halogens is 1. The fourth-order valence-electron chi connectivity index (χ4n) is 3.59. The zero-order chi connectivity index (χ0) is 18.4. The average molecular weight is 385 g/mol. The van der Waals surface area contributed by atoms with Gasteiger partial charge in [-0.2, -0.15) is 0 Å². The lowest BCUT2D eigenvalue weighted by Gasteiger charge is -2.27. The van der Waals surface area contributed by atoms with Crippen molar-refractivity contribution in [3.63, 3.8) is 0 Å². The molecule has 3 aromatic rings. The van der Waals surface area contributed by atoms with Gasteiger partial charge < -0.3 is 19.4 Å². The van der Waals surface area contributed by atoms with Crippen molar-refractivity contribution in [2.75, 3.05) is 31.3 Å². The summed E-state index contributed by atoms with van der Waals surface area (Å²) in [6.45, 7) is 2.08. The zero-order valence-corrected chi connectivity index (χ0v) is 15.2. The van der Waals surface area contributed by atoms with E-state index in [2.05, 4.69) is 15.0 Å². The fourth-order valence-corrected chi connectivity index (χ4v) is 3.85. The van der Waals surface area contributed by atoms with Gasteiger partial charge in [0.25, 0.3) is 0 Å². The van der Waals surface area contributed by atoms with Crippen LogP contribution in [0.25, 0.3) is 22.2 Å². The molecule has 2 aliphatic rings. The lowest BCUT2D eigenvalue weighted by Crippen LogP contribution is -2.41. The number of carbonyl (C=O) groups excluding carboxylic acids is 1. The highest BCUT2D eigenvalue weighted by Gasteiger charge is 2.32. The molecule has 5 rings (SSSR count). The smallest absolute Gasteiger partial charge is 0.233 e. The van der Waals surface area contributed by atoms with Crippen LogP contribution in [0.15, 0.2) is 30.6 Å². The van der Waals surface area contributed by atoms with Crippen molar-refractivity contribution >= 4 is 34.2 Å². The molecule has 1 atom stereocenters. The highest BCUT2D eigenvalue weighted by molar-refractivity contribution is 6.32. The first-order chi connectivity index (χ1) is 13.2. The van der Waals surface area contributed by atoms with Gasteiger partial charge in [-0.25, -0.2) is 9.97 Å². The van der Waals surface area contributed by atoms with E-state index >= 15 is 0 Å². The summed E-state index contributed by atoms with van der Waals surface area (Å²) in [4.78, 5) is 26.2. The van der Waals surface area contributed by atoms with Crippen molar-refractivity contribution in [3.05, 3.63) is 41.4 Å². The summed E-state index contributed by atoms with van der Waals surface area (Å²) in [5, 5.41) is 1.36. The number of anilines is 1. The number of amides is 1. The molecule has 1 fully saturated rings. The Labute approximate surface area is 160 Å². The van der Waals surface area contributed by atoms with Gasteiger partial charge in [0.05, 0.1) is 50.3 Å². The van der Waals surface area contributed by atoms with Gasteiger partial charge in [-0.1, -0.05) is 11.6 Å². The number of ether oxygens (including phenoxy) is 2. The Morgan fingerprint density at radius 1 is 1.33 bits per heavy atom. The summed E-state index contributed by atoms with van der Waals surface area (Å²) >= 11 is 6.43. The van der Waals surface area contributed by atoms with Crippen molar-refractivity contribution in [1.82, 2.24) is 15.0 Å². The van der Waals surface area contributed by atoms with E-state index in [1.807, 2.05) is 24.4 Å². The monoisotopic (exact) mass is 384 g/mol. The van der Waals surface area contributed by atoms with Gasteiger partial charge in [-0.15, -0.1) is 0 Å². The molecule has 8 heteroatoms. The average Bonchev–Trinajstić information content (AvgIpc) is 3.26. The summed E-state index contributed by atoms with van der Waals surface area (Å²) in [7, 11) is 0. The van der Waals surface area contributed by atoms with E-state index in [1.165, 1.54) is 0 Å². The van der Waals surface area contributed by atoms with Crippen LogP contribution < -0.4 is 4.90 Å². The van der Waals surface area contributed by atoms with Crippen LogP contribution in [0.5, 0.6) is 0 Å². The number of hydrogen-bond donors (Lipinski definition) is 1. The highest BCUT2D eigenvalue weighted by atomic mass is 35.5. The predicted octanol–water partition coefficient (Wildman–Crippen LogP) is 2.58. The van der Waals surface area contributed by atoms with Gasteiger partial charge in [0.15, 0.2) is 0 Å². The Kier molecular flexibility index (Phi) is 4.07. The second kappa shape index (κ2) is 6.60. The van der Waals surface area contributed by atoms with E-state index in [0.29, 0.717) is 37.2 Å². The van der Waals surface area contributed by atoms with Crippen LogP contribution in [0.2, 0.25) is 5.15 Å². The van der Waals surface area contributed by atoms with Gasteiger partial charge in [-0.05, 0) is 18.2 Å². The lowest BCUT2D eigenvalue weighted by molar-refractivity contribution is -0.119. The number of aromatic amines is 1. The summed E-state index contributed by atoms with van der Waals surface area (Å²) in [6, 6.07) is 5.89. The molecule has 5 heterocycles. The molecule has 27 heavy (non-hydrogen) atoms. The normalized spacial score (nSPS) is 19.7. The van der Waals surface area contributed by atoms with Crippen molar-refractivity contribution in [3.8, 4) is 11.1 Å². The molecule has 0 aromatic carbocycles. The molecule has 0 aliphatic carbocycles. The van der Waals surface area contributed by atoms with Gasteiger partial charge >= 0.3 is 0 Å². The molecule has 1 N–H and O–H groups in total. The summed E-state index contributed by atoms with van der Waals surface area (Å²) in [5.41, 5.74) is 3.91. The molecular formula is C19H17ClN4O3. The first kappa shape index (κ1) is 16.7. The maximum Gasteiger partial charge on any atom is 0.233 e. The number of carbonyl (C=O) groups is 1. The molecule has 2 aliphatic heterocycles. The molecule has 138 valence electrons. The minimum atomic E-state index is -0.134. The van der Waals surface area contributed by atoms with E-state index in [-0.39, 0.29) is 18.4 Å². The number of nitrogens with one attached hydrogen (secondary N) is 1. The van der Waals surface area contributed by atoms with E-state index in [0.717, 1.165) is 27.8 Å². The molecule has 3 aromatic heterocycles. The second-order valence-corrected chi connectivity index (χ2v) is 7.04. The number of fused-ring (bicyclic) bond motifs is 2. The standard InChI is InChI=1S/C19H17ClN4O3/c20-18-14(12-5-11-1-2-21-19(11)22-8-12)6-16-15(23-18)7-17(25)24(16)9-13-10-26-3-4-27-13/h1-2,5-6,8,13H,3-4,7,9-10H2,(H,21,22)/t13-/m0/s1. The van der Waals surface area contributed by atoms with E-state index in [9.17, 15) is 4.79 Å². The molecule has 0 unspecified atom stereocenters. The third-order valence-electron chi connectivity index (χ3n) is 4.92. The Morgan fingerprint density at radius 2 is 2.26 bits per heavy atom. The molecule has 0 bridgehead atoms. The Bertz CT molecular complexity index is 1030. The minimum Gasteiger partial charge on any atom is -0.376 e. The second-order valence-electron chi connectivity index (χ2n) is 6.68. The molecule has 1 amide bonds. The van der Waals surface area contributed by atoms with Gasteiger partial charge in [0, 0.05) is 28.9 Å². The molecular weight excluding hydrogens is 368 g/mol. The van der Waals surface area contributed by atoms with Crippen LogP contribution in [-0.4, -0.2) is 53.3 Å². The maximum atomic E-state index is 12.5. The van der Waals surface area contributed by atoms with E-state index < -0.39 is 0 Å². The van der Waals surface area contributed by atoms with E-state index in [4.69, 9.17) is 21.1 Å². The summed E-state index contributed by atoms with van der Waals surface area (Å²) in [5.74, 6) is -0.000832. The largest absolute Gasteiger partial charge is 0.376 e. The summed E-state index contributed by atoms with van der Waals surface area (Å²) in [6.07, 6.45) is 3.72. The van der Waals surface area contributed by atoms with Crippen LogP contribution in [0.4, 0.5) is 5.69 Å². The molecule has 0 saturated carbocycles. The van der Waals surface area contributed by atoms with Crippen LogP contribution >= 0.6 is 11.6 Å². The quantitative estimate of drug-likeness (QED) is 0.702. The number of H-pyrrole nitrogens is 1. The van der Waals surface area contributed by atoms with Crippen molar-refractivity contribution < 1.29 is 14.3 Å². The van der Waals surface area contributed by atoms with Crippen molar-refractivity contribution in [1.29, 1.82) is 0 Å². The highest BCUT2D eigenvalue weighted by Crippen LogP contribution is 2.36. The van der Waals surface area contributed by atoms with Gasteiger partial charge in [0.2, 0.25) is 5.91 Å². The van der Waals surface area contributed by atoms with E-state index in [1.54, 1.807) is 11.1 Å². The number of nitrogens with zero attached hydrogens (tertiary/aromatic N) is 3. The molecule has 0 radical (unpaired) electrons. The SMILES string of the molecule is O=C1Cc2nc(Cl)c(-c3cnc4[nH]ccc4c3)cc2N1C[C@H]1COCCO1. The first-order valence-corrected chi connectivity index (χ1v) is 9.19. The Balaban J connectivity index is 1.52. The third-order valence-corrected chi connectivity index (χ3v) is 5.21. The van der Waals surface area contributed by atoms with Gasteiger partial charge in [-0.3, -0.25) is 4.79 Å². The van der Waals surface area contributed by atoms with Crippen LogP contribution in [0, 0.1) is 0 Å². The minimum absolute atomic E-state index is 0.000832. The van der Waals surface area contributed by atoms with Crippen LogP contribution in [0.1, 0.15) is 5.69 Å². The number of hydrogen-bond acceptors (Lipinski definition) is 5. The van der Waals surface area contributed by atoms with Crippen molar-refractivity contribution in [2.24, 2.45) is 0 Å². The predicted molar refractivity (Wildman–Crippen MR) is 101 cm³/mol. The molecule has 0 spiro atoms. The number of pyridine rings is 2. The Morgan fingerprint density at radius 3 is 3.11 bits per heavy atom. The topological polar surface area (TPSA) is 80.3 Å². The number of aromatic nitrogens is 3.